The minimum absolute atomic E-state index is 0.239. The number of pyridine rings is 1. The number of hydrogen-bond donors (Lipinski definition) is 1. The van der Waals surface area contributed by atoms with Gasteiger partial charge in [-0.05, 0) is 30.3 Å². The first-order valence-corrected chi connectivity index (χ1v) is 9.43. The fourth-order valence-electron chi connectivity index (χ4n) is 2.66. The predicted octanol–water partition coefficient (Wildman–Crippen LogP) is 2.70. The number of nitrogens with zero attached hydrogens (tertiary/aromatic N) is 4. The number of methoxy groups -OCH3 is 1. The molecule has 0 aliphatic carbocycles. The van der Waals surface area contributed by atoms with Gasteiger partial charge in [0.05, 0.1) is 24.9 Å². The minimum atomic E-state index is -0.239. The van der Waals surface area contributed by atoms with Crippen molar-refractivity contribution in [1.29, 1.82) is 0 Å². The summed E-state index contributed by atoms with van der Waals surface area (Å²) in [5.41, 5.74) is 3.79. The summed E-state index contributed by atoms with van der Waals surface area (Å²) >= 11 is 1.51. The van der Waals surface area contributed by atoms with E-state index in [4.69, 9.17) is 9.47 Å². The molecule has 0 saturated heterocycles. The molecular weight excluding hydrogens is 378 g/mol. The number of hydrogen-bond acceptors (Lipinski definition) is 7. The van der Waals surface area contributed by atoms with Gasteiger partial charge in [0.25, 0.3) is 5.91 Å². The lowest BCUT2D eigenvalue weighted by molar-refractivity contribution is 0.0949. The molecule has 1 aromatic carbocycles. The van der Waals surface area contributed by atoms with Crippen LogP contribution >= 0.6 is 11.3 Å². The average molecular weight is 395 g/mol. The maximum absolute atomic E-state index is 12.5. The van der Waals surface area contributed by atoms with Crippen LogP contribution in [0.1, 0.15) is 21.9 Å². The second-order valence-corrected chi connectivity index (χ2v) is 6.58. The highest BCUT2D eigenvalue weighted by Crippen LogP contribution is 2.28. The molecule has 28 heavy (non-hydrogen) atoms. The molecule has 142 valence electrons. The van der Waals surface area contributed by atoms with Gasteiger partial charge in [0.15, 0.2) is 23.0 Å². The largest absolute Gasteiger partial charge is 0.493 e. The SMILES string of the molecule is COc1cc(C(=O)NCc2nnc3ccccn23)ccc1OCc1cscn1. The van der Waals surface area contributed by atoms with Crippen LogP contribution in [0.4, 0.5) is 0 Å². The van der Waals surface area contributed by atoms with Gasteiger partial charge in [0, 0.05) is 17.1 Å². The Balaban J connectivity index is 1.43. The van der Waals surface area contributed by atoms with Gasteiger partial charge >= 0.3 is 0 Å². The number of carbonyl (C=O) groups excluding carboxylic acids is 1. The average Bonchev–Trinajstić information content (AvgIpc) is 3.40. The zero-order valence-electron chi connectivity index (χ0n) is 15.0. The van der Waals surface area contributed by atoms with Crippen molar-refractivity contribution in [3.8, 4) is 11.5 Å². The molecule has 0 atom stereocenters. The van der Waals surface area contributed by atoms with Gasteiger partial charge in [-0.2, -0.15) is 0 Å². The van der Waals surface area contributed by atoms with Crippen LogP contribution < -0.4 is 14.8 Å². The summed E-state index contributed by atoms with van der Waals surface area (Å²) in [6, 6.07) is 10.7. The van der Waals surface area contributed by atoms with Crippen molar-refractivity contribution in [1.82, 2.24) is 24.9 Å². The third-order valence-electron chi connectivity index (χ3n) is 4.08. The molecule has 4 aromatic rings. The first-order valence-electron chi connectivity index (χ1n) is 8.49. The van der Waals surface area contributed by atoms with E-state index in [2.05, 4.69) is 20.5 Å². The van der Waals surface area contributed by atoms with E-state index >= 15 is 0 Å². The number of benzene rings is 1. The molecule has 1 N–H and O–H groups in total. The van der Waals surface area contributed by atoms with E-state index in [0.717, 1.165) is 11.3 Å². The van der Waals surface area contributed by atoms with E-state index in [1.165, 1.54) is 18.4 Å². The summed E-state index contributed by atoms with van der Waals surface area (Å²) in [6.45, 7) is 0.597. The first kappa shape index (κ1) is 17.9. The summed E-state index contributed by atoms with van der Waals surface area (Å²) in [7, 11) is 1.54. The van der Waals surface area contributed by atoms with Crippen LogP contribution in [0.2, 0.25) is 0 Å². The Morgan fingerprint density at radius 1 is 1.21 bits per heavy atom. The Hall–Kier alpha value is -3.46. The molecule has 0 spiro atoms. The Labute approximate surface area is 164 Å². The monoisotopic (exact) mass is 395 g/mol. The molecule has 3 heterocycles. The van der Waals surface area contributed by atoms with Gasteiger partial charge in [0.2, 0.25) is 0 Å². The van der Waals surface area contributed by atoms with Crippen LogP contribution in [0.5, 0.6) is 11.5 Å². The van der Waals surface area contributed by atoms with Crippen LogP contribution in [0.3, 0.4) is 0 Å². The Morgan fingerprint density at radius 3 is 2.96 bits per heavy atom. The number of rotatable bonds is 7. The number of nitrogens with one attached hydrogen (secondary N) is 1. The number of thiazole rings is 1. The molecule has 9 heteroatoms. The van der Waals surface area contributed by atoms with E-state index in [0.29, 0.717) is 29.5 Å². The van der Waals surface area contributed by atoms with Crippen molar-refractivity contribution in [2.45, 2.75) is 13.2 Å². The third-order valence-corrected chi connectivity index (χ3v) is 4.71. The van der Waals surface area contributed by atoms with E-state index in [1.54, 1.807) is 23.7 Å². The summed E-state index contributed by atoms with van der Waals surface area (Å²) < 4.78 is 12.9. The molecule has 0 radical (unpaired) electrons. The fourth-order valence-corrected chi connectivity index (χ4v) is 3.20. The third kappa shape index (κ3) is 3.79. The number of carbonyl (C=O) groups is 1. The van der Waals surface area contributed by atoms with Crippen molar-refractivity contribution in [2.24, 2.45) is 0 Å². The summed E-state index contributed by atoms with van der Waals surface area (Å²) in [5, 5.41) is 12.9. The summed E-state index contributed by atoms with van der Waals surface area (Å²) in [5.74, 6) is 1.45. The second kappa shape index (κ2) is 8.05. The Kier molecular flexibility index (Phi) is 5.16. The minimum Gasteiger partial charge on any atom is -0.493 e. The van der Waals surface area contributed by atoms with Crippen molar-refractivity contribution >= 4 is 22.9 Å². The quantitative estimate of drug-likeness (QED) is 0.517. The molecule has 0 fully saturated rings. The molecule has 4 rings (SSSR count). The molecule has 0 bridgehead atoms. The van der Waals surface area contributed by atoms with Crippen LogP contribution in [-0.2, 0) is 13.2 Å². The molecule has 0 saturated carbocycles. The lowest BCUT2D eigenvalue weighted by Gasteiger charge is -2.11. The predicted molar refractivity (Wildman–Crippen MR) is 104 cm³/mol. The van der Waals surface area contributed by atoms with Gasteiger partial charge in [-0.1, -0.05) is 6.07 Å². The number of amides is 1. The molecule has 0 aliphatic heterocycles. The van der Waals surface area contributed by atoms with E-state index < -0.39 is 0 Å². The number of aromatic nitrogens is 4. The molecule has 0 aliphatic rings. The van der Waals surface area contributed by atoms with Crippen LogP contribution in [0.15, 0.2) is 53.5 Å². The van der Waals surface area contributed by atoms with Gasteiger partial charge < -0.3 is 14.8 Å². The van der Waals surface area contributed by atoms with E-state index in [9.17, 15) is 4.79 Å². The zero-order chi connectivity index (χ0) is 19.3. The van der Waals surface area contributed by atoms with Gasteiger partial charge in [-0.3, -0.25) is 9.20 Å². The van der Waals surface area contributed by atoms with Crippen molar-refractivity contribution in [3.63, 3.8) is 0 Å². The Bertz CT molecular complexity index is 1090. The Morgan fingerprint density at radius 2 is 2.14 bits per heavy atom. The van der Waals surface area contributed by atoms with Crippen molar-refractivity contribution in [2.75, 3.05) is 7.11 Å². The highest BCUT2D eigenvalue weighted by Gasteiger charge is 2.13. The lowest BCUT2D eigenvalue weighted by atomic mass is 10.2. The van der Waals surface area contributed by atoms with Crippen LogP contribution in [-0.4, -0.2) is 32.6 Å². The number of fused-ring (bicyclic) bond motifs is 1. The van der Waals surface area contributed by atoms with Crippen LogP contribution in [0.25, 0.3) is 5.65 Å². The van der Waals surface area contributed by atoms with E-state index in [-0.39, 0.29) is 12.5 Å². The van der Waals surface area contributed by atoms with Gasteiger partial charge in [-0.25, -0.2) is 4.98 Å². The smallest absolute Gasteiger partial charge is 0.251 e. The summed E-state index contributed by atoms with van der Waals surface area (Å²) in [6.07, 6.45) is 1.86. The normalized spacial score (nSPS) is 10.8. The molecule has 3 aromatic heterocycles. The highest BCUT2D eigenvalue weighted by molar-refractivity contribution is 7.07. The molecule has 1 amide bonds. The van der Waals surface area contributed by atoms with E-state index in [1.807, 2.05) is 34.2 Å². The first-order chi connectivity index (χ1) is 13.7. The molecular formula is C19H17N5O3S. The van der Waals surface area contributed by atoms with Crippen molar-refractivity contribution in [3.05, 3.63) is 70.6 Å². The van der Waals surface area contributed by atoms with Gasteiger partial charge in [0.1, 0.15) is 6.61 Å². The maximum atomic E-state index is 12.5. The lowest BCUT2D eigenvalue weighted by Crippen LogP contribution is -2.24. The maximum Gasteiger partial charge on any atom is 0.251 e. The summed E-state index contributed by atoms with van der Waals surface area (Å²) in [4.78, 5) is 16.7. The van der Waals surface area contributed by atoms with Crippen LogP contribution in [0, 0.1) is 0 Å². The molecule has 8 nitrogen and oxygen atoms in total. The van der Waals surface area contributed by atoms with Gasteiger partial charge in [-0.15, -0.1) is 21.5 Å². The molecule has 0 unspecified atom stereocenters. The second-order valence-electron chi connectivity index (χ2n) is 5.86. The number of ether oxygens (including phenoxy) is 2. The standard InChI is InChI=1S/C19H17N5O3S/c1-26-16-8-13(5-6-15(16)27-10-14-11-28-12-21-14)19(25)20-9-18-23-22-17-4-2-3-7-24(17)18/h2-8,11-12H,9-10H2,1H3,(H,20,25). The highest BCUT2D eigenvalue weighted by atomic mass is 32.1. The van der Waals surface area contributed by atoms with Crippen molar-refractivity contribution < 1.29 is 14.3 Å². The zero-order valence-corrected chi connectivity index (χ0v) is 15.8. The fraction of sp³-hybridized carbons (Fsp3) is 0.158. The topological polar surface area (TPSA) is 90.6 Å².